The van der Waals surface area contributed by atoms with Crippen LogP contribution in [0.5, 0.6) is 0 Å². The third-order valence-electron chi connectivity index (χ3n) is 4.27. The fourth-order valence-corrected chi connectivity index (χ4v) is 3.67. The van der Waals surface area contributed by atoms with E-state index in [4.69, 9.17) is 12.2 Å². The molecule has 3 nitrogen and oxygen atoms in total. The van der Waals surface area contributed by atoms with Gasteiger partial charge in [0.2, 0.25) is 0 Å². The molecule has 4 rings (SSSR count). The van der Waals surface area contributed by atoms with Crippen molar-refractivity contribution in [3.8, 4) is 6.07 Å². The molecular weight excluding hydrogens is 278 g/mol. The van der Waals surface area contributed by atoms with Crippen LogP contribution in [0.2, 0.25) is 0 Å². The summed E-state index contributed by atoms with van der Waals surface area (Å²) < 4.78 is 2.87. The van der Waals surface area contributed by atoms with Crippen molar-refractivity contribution in [3.63, 3.8) is 0 Å². The second-order valence-corrected chi connectivity index (χ2v) is 5.83. The van der Waals surface area contributed by atoms with E-state index in [9.17, 15) is 5.26 Å². The average Bonchev–Trinajstić information content (AvgIpc) is 3.05. The number of hydrogen-bond acceptors (Lipinski definition) is 2. The number of fused-ring (bicyclic) bond motifs is 2. The summed E-state index contributed by atoms with van der Waals surface area (Å²) in [5.41, 5.74) is 5.32. The molecular formula is C17H13N3S. The van der Waals surface area contributed by atoms with Crippen molar-refractivity contribution >= 4 is 23.3 Å². The highest BCUT2D eigenvalue weighted by atomic mass is 32.1. The first kappa shape index (κ1) is 12.4. The van der Waals surface area contributed by atoms with E-state index in [2.05, 4.69) is 39.9 Å². The third-order valence-corrected chi connectivity index (χ3v) is 4.57. The molecule has 1 aromatic heterocycles. The molecule has 0 aliphatic heterocycles. The lowest BCUT2D eigenvalue weighted by molar-refractivity contribution is 0.537. The largest absolute Gasteiger partial charge is 0.329 e. The molecule has 102 valence electrons. The minimum Gasteiger partial charge on any atom is -0.329 e. The number of benzene rings is 2. The molecule has 0 spiro atoms. The standard InChI is InChI=1S/C17H13N3S/c18-10-13-6-3-7-15-16(13)19-17(21)20(15)14-8-11-4-1-2-5-12(11)9-14/h1-7,14H,8-9H2,(H,19,21). The van der Waals surface area contributed by atoms with Crippen LogP contribution in [0.1, 0.15) is 22.7 Å². The lowest BCUT2D eigenvalue weighted by Gasteiger charge is -2.12. The van der Waals surface area contributed by atoms with Crippen molar-refractivity contribution in [2.75, 3.05) is 0 Å². The summed E-state index contributed by atoms with van der Waals surface area (Å²) in [6.07, 6.45) is 1.99. The predicted molar refractivity (Wildman–Crippen MR) is 84.7 cm³/mol. The van der Waals surface area contributed by atoms with Crippen molar-refractivity contribution in [3.05, 3.63) is 63.9 Å². The van der Waals surface area contributed by atoms with E-state index in [0.29, 0.717) is 16.4 Å². The fraction of sp³-hybridized carbons (Fsp3) is 0.176. The Balaban J connectivity index is 1.88. The van der Waals surface area contributed by atoms with Gasteiger partial charge in [0.15, 0.2) is 4.77 Å². The Morgan fingerprint density at radius 1 is 1.10 bits per heavy atom. The van der Waals surface area contributed by atoms with Crippen LogP contribution in [0, 0.1) is 16.1 Å². The van der Waals surface area contributed by atoms with Crippen LogP contribution in [0.4, 0.5) is 0 Å². The Morgan fingerprint density at radius 2 is 1.81 bits per heavy atom. The maximum atomic E-state index is 9.23. The molecule has 0 bridgehead atoms. The van der Waals surface area contributed by atoms with Gasteiger partial charge in [0.25, 0.3) is 0 Å². The Labute approximate surface area is 127 Å². The summed E-state index contributed by atoms with van der Waals surface area (Å²) in [6, 6.07) is 16.9. The molecule has 0 atom stereocenters. The molecule has 0 radical (unpaired) electrons. The second-order valence-electron chi connectivity index (χ2n) is 5.44. The quantitative estimate of drug-likeness (QED) is 0.691. The molecule has 0 saturated carbocycles. The van der Waals surface area contributed by atoms with Gasteiger partial charge in [-0.3, -0.25) is 0 Å². The highest BCUT2D eigenvalue weighted by molar-refractivity contribution is 7.71. The number of para-hydroxylation sites is 1. The minimum atomic E-state index is 0.331. The van der Waals surface area contributed by atoms with Gasteiger partial charge in [-0.2, -0.15) is 5.26 Å². The van der Waals surface area contributed by atoms with Crippen LogP contribution in [-0.4, -0.2) is 9.55 Å². The van der Waals surface area contributed by atoms with Crippen molar-refractivity contribution in [2.24, 2.45) is 0 Å². The molecule has 0 amide bonds. The van der Waals surface area contributed by atoms with Gasteiger partial charge in [-0.05, 0) is 48.3 Å². The molecule has 0 fully saturated rings. The Kier molecular flexibility index (Phi) is 2.69. The molecule has 3 aromatic rings. The number of nitrogens with one attached hydrogen (secondary N) is 1. The van der Waals surface area contributed by atoms with Gasteiger partial charge in [0.05, 0.1) is 16.6 Å². The van der Waals surface area contributed by atoms with Gasteiger partial charge in [-0.15, -0.1) is 0 Å². The van der Waals surface area contributed by atoms with E-state index < -0.39 is 0 Å². The third kappa shape index (κ3) is 1.82. The average molecular weight is 291 g/mol. The van der Waals surface area contributed by atoms with Gasteiger partial charge < -0.3 is 9.55 Å². The lowest BCUT2D eigenvalue weighted by atomic mass is 10.1. The smallest absolute Gasteiger partial charge is 0.178 e. The van der Waals surface area contributed by atoms with Crippen LogP contribution in [-0.2, 0) is 12.8 Å². The number of hydrogen-bond donors (Lipinski definition) is 1. The van der Waals surface area contributed by atoms with Crippen LogP contribution >= 0.6 is 12.2 Å². The summed E-state index contributed by atoms with van der Waals surface area (Å²) in [5.74, 6) is 0. The van der Waals surface area contributed by atoms with E-state index in [1.807, 2.05) is 18.2 Å². The normalized spacial score (nSPS) is 14.2. The first-order chi connectivity index (χ1) is 10.3. The number of aromatic nitrogens is 2. The zero-order chi connectivity index (χ0) is 14.4. The number of nitrogens with zero attached hydrogens (tertiary/aromatic N) is 2. The van der Waals surface area contributed by atoms with Gasteiger partial charge >= 0.3 is 0 Å². The topological polar surface area (TPSA) is 44.5 Å². The van der Waals surface area contributed by atoms with Crippen LogP contribution in [0.3, 0.4) is 0 Å². The Hall–Kier alpha value is -2.38. The predicted octanol–water partition coefficient (Wildman–Crippen LogP) is 3.91. The van der Waals surface area contributed by atoms with Crippen LogP contribution in [0.25, 0.3) is 11.0 Å². The molecule has 1 aliphatic rings. The number of aromatic amines is 1. The van der Waals surface area contributed by atoms with E-state index in [1.165, 1.54) is 11.1 Å². The number of rotatable bonds is 1. The zero-order valence-corrected chi connectivity index (χ0v) is 12.2. The minimum absolute atomic E-state index is 0.331. The Bertz CT molecular complexity index is 918. The first-order valence-corrected chi connectivity index (χ1v) is 7.39. The van der Waals surface area contributed by atoms with E-state index in [-0.39, 0.29) is 0 Å². The van der Waals surface area contributed by atoms with Crippen molar-refractivity contribution in [1.82, 2.24) is 9.55 Å². The second kappa shape index (κ2) is 4.57. The summed E-state index contributed by atoms with van der Waals surface area (Å²) in [6.45, 7) is 0. The molecule has 2 aromatic carbocycles. The highest BCUT2D eigenvalue weighted by Gasteiger charge is 2.24. The van der Waals surface area contributed by atoms with E-state index in [1.54, 1.807) is 0 Å². The maximum Gasteiger partial charge on any atom is 0.178 e. The molecule has 0 unspecified atom stereocenters. The Morgan fingerprint density at radius 3 is 2.48 bits per heavy atom. The monoisotopic (exact) mass is 291 g/mol. The molecule has 4 heteroatoms. The molecule has 0 saturated heterocycles. The summed E-state index contributed by atoms with van der Waals surface area (Å²) in [5, 5.41) is 9.23. The molecule has 1 heterocycles. The molecule has 21 heavy (non-hydrogen) atoms. The lowest BCUT2D eigenvalue weighted by Crippen LogP contribution is -2.08. The van der Waals surface area contributed by atoms with Crippen molar-refractivity contribution < 1.29 is 0 Å². The molecule has 1 aliphatic carbocycles. The van der Waals surface area contributed by atoms with Gasteiger partial charge in [0, 0.05) is 6.04 Å². The van der Waals surface area contributed by atoms with Gasteiger partial charge in [0.1, 0.15) is 6.07 Å². The van der Waals surface area contributed by atoms with Gasteiger partial charge in [-0.25, -0.2) is 0 Å². The summed E-state index contributed by atoms with van der Waals surface area (Å²) in [4.78, 5) is 3.21. The summed E-state index contributed by atoms with van der Waals surface area (Å²) in [7, 11) is 0. The van der Waals surface area contributed by atoms with Crippen molar-refractivity contribution in [2.45, 2.75) is 18.9 Å². The SMILES string of the molecule is N#Cc1cccc2c1[nH]c(=S)n2C1Cc2ccccc2C1. The number of nitriles is 1. The van der Waals surface area contributed by atoms with E-state index >= 15 is 0 Å². The van der Waals surface area contributed by atoms with Crippen LogP contribution in [0.15, 0.2) is 42.5 Å². The summed E-state index contributed by atoms with van der Waals surface area (Å²) >= 11 is 5.51. The van der Waals surface area contributed by atoms with Crippen LogP contribution < -0.4 is 0 Å². The first-order valence-electron chi connectivity index (χ1n) is 6.98. The fourth-order valence-electron chi connectivity index (χ4n) is 3.32. The van der Waals surface area contributed by atoms with E-state index in [0.717, 1.165) is 23.9 Å². The number of imidazole rings is 1. The van der Waals surface area contributed by atoms with Crippen molar-refractivity contribution in [1.29, 1.82) is 5.26 Å². The molecule has 1 N–H and O–H groups in total. The zero-order valence-electron chi connectivity index (χ0n) is 11.3. The van der Waals surface area contributed by atoms with Gasteiger partial charge in [-0.1, -0.05) is 30.3 Å². The number of H-pyrrole nitrogens is 1. The highest BCUT2D eigenvalue weighted by Crippen LogP contribution is 2.33. The maximum absolute atomic E-state index is 9.23.